The molecule has 5 rings (SSSR count). The topological polar surface area (TPSA) is 15.7 Å². The fourth-order valence-electron chi connectivity index (χ4n) is 5.29. The SMILES string of the molecule is FC(F)(F)c1ccc(C(OCCN2CCN(C(c3ccccc3)c3ccccc3)CC2)c2ccccc2)cc1. The van der Waals surface area contributed by atoms with Gasteiger partial charge in [0.2, 0.25) is 0 Å². The van der Waals surface area contributed by atoms with E-state index in [1.807, 2.05) is 30.3 Å². The first-order valence-corrected chi connectivity index (χ1v) is 13.4. The van der Waals surface area contributed by atoms with Crippen LogP contribution in [0.25, 0.3) is 0 Å². The van der Waals surface area contributed by atoms with Crippen LogP contribution in [0, 0.1) is 0 Å². The molecule has 0 amide bonds. The fraction of sp³-hybridized carbons (Fsp3) is 0.273. The Kier molecular flexibility index (Phi) is 8.77. The molecular formula is C33H33F3N2O. The molecule has 1 heterocycles. The molecule has 0 radical (unpaired) electrons. The Morgan fingerprint density at radius 3 is 1.54 bits per heavy atom. The molecule has 1 fully saturated rings. The molecule has 1 unspecified atom stereocenters. The Labute approximate surface area is 228 Å². The van der Waals surface area contributed by atoms with E-state index in [1.54, 1.807) is 0 Å². The molecule has 1 aliphatic heterocycles. The smallest absolute Gasteiger partial charge is 0.367 e. The highest BCUT2D eigenvalue weighted by Crippen LogP contribution is 2.33. The molecule has 4 aromatic carbocycles. The van der Waals surface area contributed by atoms with Crippen LogP contribution >= 0.6 is 0 Å². The fourth-order valence-corrected chi connectivity index (χ4v) is 5.29. The predicted molar refractivity (Wildman–Crippen MR) is 148 cm³/mol. The summed E-state index contributed by atoms with van der Waals surface area (Å²) >= 11 is 0. The van der Waals surface area contributed by atoms with Gasteiger partial charge in [0.1, 0.15) is 6.10 Å². The molecule has 0 N–H and O–H groups in total. The Morgan fingerprint density at radius 2 is 1.05 bits per heavy atom. The van der Waals surface area contributed by atoms with Gasteiger partial charge in [-0.2, -0.15) is 13.2 Å². The number of rotatable bonds is 9. The van der Waals surface area contributed by atoms with E-state index in [-0.39, 0.29) is 6.04 Å². The third kappa shape index (κ3) is 6.95. The summed E-state index contributed by atoms with van der Waals surface area (Å²) in [5.41, 5.74) is 3.58. The third-order valence-electron chi connectivity index (χ3n) is 7.34. The van der Waals surface area contributed by atoms with Crippen LogP contribution in [0.1, 0.15) is 40.0 Å². The normalized spacial score (nSPS) is 15.9. The number of nitrogens with zero attached hydrogens (tertiary/aromatic N) is 2. The predicted octanol–water partition coefficient (Wildman–Crippen LogP) is 7.22. The van der Waals surface area contributed by atoms with Crippen LogP contribution in [-0.4, -0.2) is 49.1 Å². The highest BCUT2D eigenvalue weighted by Gasteiger charge is 2.31. The lowest BCUT2D eigenvalue weighted by Crippen LogP contribution is -2.48. The van der Waals surface area contributed by atoms with Crippen molar-refractivity contribution in [3.05, 3.63) is 143 Å². The molecule has 0 aromatic heterocycles. The van der Waals surface area contributed by atoms with E-state index in [1.165, 1.54) is 23.3 Å². The lowest BCUT2D eigenvalue weighted by Gasteiger charge is -2.40. The minimum Gasteiger partial charge on any atom is -0.367 e. The van der Waals surface area contributed by atoms with Gasteiger partial charge in [0.15, 0.2) is 0 Å². The number of hydrogen-bond donors (Lipinski definition) is 0. The largest absolute Gasteiger partial charge is 0.416 e. The molecule has 0 bridgehead atoms. The Bertz CT molecular complexity index is 1230. The molecule has 4 aromatic rings. The quantitative estimate of drug-likeness (QED) is 0.227. The lowest BCUT2D eigenvalue weighted by molar-refractivity contribution is -0.137. The maximum absolute atomic E-state index is 13.1. The number of alkyl halides is 3. The Hall–Kier alpha value is -3.45. The number of ether oxygens (including phenoxy) is 1. The maximum atomic E-state index is 13.1. The maximum Gasteiger partial charge on any atom is 0.416 e. The second kappa shape index (κ2) is 12.6. The highest BCUT2D eigenvalue weighted by atomic mass is 19.4. The van der Waals surface area contributed by atoms with Crippen LogP contribution in [0.4, 0.5) is 13.2 Å². The van der Waals surface area contributed by atoms with Gasteiger partial charge in [-0.25, -0.2) is 0 Å². The van der Waals surface area contributed by atoms with Crippen LogP contribution in [0.5, 0.6) is 0 Å². The zero-order valence-corrected chi connectivity index (χ0v) is 21.8. The molecule has 0 spiro atoms. The summed E-state index contributed by atoms with van der Waals surface area (Å²) in [7, 11) is 0. The lowest BCUT2D eigenvalue weighted by atomic mass is 9.96. The molecule has 3 nitrogen and oxygen atoms in total. The van der Waals surface area contributed by atoms with Crippen molar-refractivity contribution in [1.82, 2.24) is 9.80 Å². The average Bonchev–Trinajstić information content (AvgIpc) is 2.97. The monoisotopic (exact) mass is 530 g/mol. The molecule has 0 aliphatic carbocycles. The van der Waals surface area contributed by atoms with Gasteiger partial charge in [0.25, 0.3) is 0 Å². The van der Waals surface area contributed by atoms with Gasteiger partial charge < -0.3 is 4.74 Å². The van der Waals surface area contributed by atoms with Gasteiger partial charge in [0.05, 0.1) is 18.2 Å². The van der Waals surface area contributed by atoms with Crippen molar-refractivity contribution in [3.8, 4) is 0 Å². The van der Waals surface area contributed by atoms with E-state index in [2.05, 4.69) is 70.5 Å². The zero-order chi connectivity index (χ0) is 27.1. The highest BCUT2D eigenvalue weighted by molar-refractivity contribution is 5.34. The molecule has 1 saturated heterocycles. The number of benzene rings is 4. The summed E-state index contributed by atoms with van der Waals surface area (Å²) in [5.74, 6) is 0. The van der Waals surface area contributed by atoms with Gasteiger partial charge in [-0.05, 0) is 34.4 Å². The summed E-state index contributed by atoms with van der Waals surface area (Å²) in [6, 6.07) is 36.5. The third-order valence-corrected chi connectivity index (χ3v) is 7.34. The van der Waals surface area contributed by atoms with Crippen LogP contribution < -0.4 is 0 Å². The molecule has 39 heavy (non-hydrogen) atoms. The van der Waals surface area contributed by atoms with Gasteiger partial charge in [-0.15, -0.1) is 0 Å². The summed E-state index contributed by atoms with van der Waals surface area (Å²) in [6.45, 7) is 4.98. The van der Waals surface area contributed by atoms with E-state index in [9.17, 15) is 13.2 Å². The van der Waals surface area contributed by atoms with Crippen LogP contribution in [0.3, 0.4) is 0 Å². The van der Waals surface area contributed by atoms with Crippen molar-refractivity contribution >= 4 is 0 Å². The van der Waals surface area contributed by atoms with Gasteiger partial charge in [0, 0.05) is 32.7 Å². The van der Waals surface area contributed by atoms with Crippen molar-refractivity contribution in [2.75, 3.05) is 39.3 Å². The van der Waals surface area contributed by atoms with Crippen LogP contribution in [-0.2, 0) is 10.9 Å². The minimum absolute atomic E-state index is 0.216. The first-order chi connectivity index (χ1) is 19.0. The Balaban J connectivity index is 1.21. The van der Waals surface area contributed by atoms with Crippen molar-refractivity contribution in [3.63, 3.8) is 0 Å². The van der Waals surface area contributed by atoms with Gasteiger partial charge >= 0.3 is 6.18 Å². The first-order valence-electron chi connectivity index (χ1n) is 13.4. The van der Waals surface area contributed by atoms with Crippen LogP contribution in [0.15, 0.2) is 115 Å². The number of halogens is 3. The van der Waals surface area contributed by atoms with Crippen LogP contribution in [0.2, 0.25) is 0 Å². The zero-order valence-electron chi connectivity index (χ0n) is 21.8. The van der Waals surface area contributed by atoms with Crippen molar-refractivity contribution in [2.24, 2.45) is 0 Å². The molecule has 202 valence electrons. The summed E-state index contributed by atoms with van der Waals surface area (Å²) in [5, 5.41) is 0. The van der Waals surface area contributed by atoms with E-state index in [0.717, 1.165) is 50.4 Å². The van der Waals surface area contributed by atoms with E-state index >= 15 is 0 Å². The van der Waals surface area contributed by atoms with Gasteiger partial charge in [-0.3, -0.25) is 9.80 Å². The van der Waals surface area contributed by atoms with Gasteiger partial charge in [-0.1, -0.05) is 103 Å². The molecular weight excluding hydrogens is 497 g/mol. The van der Waals surface area contributed by atoms with E-state index in [4.69, 9.17) is 4.74 Å². The number of hydrogen-bond acceptors (Lipinski definition) is 3. The standard InChI is InChI=1S/C33H33F3N2O/c34-33(35,36)30-18-16-29(17-19-30)32(28-14-8-3-9-15-28)39-25-24-37-20-22-38(23-21-37)31(26-10-4-1-5-11-26)27-12-6-2-7-13-27/h1-19,31-32H,20-25H2. The van der Waals surface area contributed by atoms with Crippen molar-refractivity contribution in [2.45, 2.75) is 18.3 Å². The molecule has 0 saturated carbocycles. The first kappa shape index (κ1) is 27.1. The second-order valence-electron chi connectivity index (χ2n) is 9.88. The minimum atomic E-state index is -4.36. The summed E-state index contributed by atoms with van der Waals surface area (Å²) in [6.07, 6.45) is -4.78. The van der Waals surface area contributed by atoms with Crippen molar-refractivity contribution in [1.29, 1.82) is 0 Å². The number of piperazine rings is 1. The summed E-state index contributed by atoms with van der Waals surface area (Å²) in [4.78, 5) is 4.94. The average molecular weight is 531 g/mol. The van der Waals surface area contributed by atoms with E-state index < -0.39 is 17.8 Å². The summed E-state index contributed by atoms with van der Waals surface area (Å²) < 4.78 is 45.6. The van der Waals surface area contributed by atoms with E-state index in [0.29, 0.717) is 12.2 Å². The molecule has 6 heteroatoms. The Morgan fingerprint density at radius 1 is 0.590 bits per heavy atom. The van der Waals surface area contributed by atoms with Crippen molar-refractivity contribution < 1.29 is 17.9 Å². The second-order valence-corrected chi connectivity index (χ2v) is 9.88. The molecule has 1 atom stereocenters. The molecule has 1 aliphatic rings.